The van der Waals surface area contributed by atoms with Crippen LogP contribution in [-0.2, 0) is 14.2 Å². The Morgan fingerprint density at radius 2 is 2.05 bits per heavy atom. The Bertz CT molecular complexity index is 601. The van der Waals surface area contributed by atoms with Crippen LogP contribution in [0, 0.1) is 11.3 Å². The van der Waals surface area contributed by atoms with Gasteiger partial charge in [0.05, 0.1) is 23.3 Å². The second kappa shape index (κ2) is 7.82. The molecule has 0 aliphatic heterocycles. The zero-order valence-corrected chi connectivity index (χ0v) is 11.8. The number of nitriles is 1. The number of nitrogens with zero attached hydrogens (tertiary/aromatic N) is 1. The van der Waals surface area contributed by atoms with Gasteiger partial charge in [-0.15, -0.1) is 0 Å². The highest BCUT2D eigenvalue weighted by molar-refractivity contribution is 5.97. The predicted molar refractivity (Wildman–Crippen MR) is 73.5 cm³/mol. The second-order valence-corrected chi connectivity index (χ2v) is 3.95. The molecule has 0 spiro atoms. The van der Waals surface area contributed by atoms with Crippen LogP contribution in [0.4, 0.5) is 0 Å². The van der Waals surface area contributed by atoms with Crippen LogP contribution < -0.4 is 0 Å². The molecular formula is C15H15NO5. The van der Waals surface area contributed by atoms with Gasteiger partial charge in [-0.05, 0) is 25.1 Å². The summed E-state index contributed by atoms with van der Waals surface area (Å²) in [4.78, 5) is 23.6. The van der Waals surface area contributed by atoms with E-state index < -0.39 is 11.9 Å². The summed E-state index contributed by atoms with van der Waals surface area (Å²) >= 11 is 0. The Balaban J connectivity index is 3.02. The van der Waals surface area contributed by atoms with Crippen molar-refractivity contribution < 1.29 is 23.8 Å². The van der Waals surface area contributed by atoms with Crippen molar-refractivity contribution in [1.29, 1.82) is 5.26 Å². The van der Waals surface area contributed by atoms with Crippen LogP contribution >= 0.6 is 0 Å². The smallest absolute Gasteiger partial charge is 0.343 e. The Hall–Kier alpha value is -2.65. The van der Waals surface area contributed by atoms with E-state index in [4.69, 9.17) is 19.5 Å². The maximum absolute atomic E-state index is 11.9. The lowest BCUT2D eigenvalue weighted by molar-refractivity contribution is 0.0526. The fraction of sp³-hybridized carbons (Fsp3) is 0.267. The minimum Gasteiger partial charge on any atom is -0.462 e. The summed E-state index contributed by atoms with van der Waals surface area (Å²) in [6.45, 7) is 5.41. The maximum atomic E-state index is 11.9. The highest BCUT2D eigenvalue weighted by atomic mass is 16.6. The van der Waals surface area contributed by atoms with Crippen molar-refractivity contribution in [3.8, 4) is 6.07 Å². The van der Waals surface area contributed by atoms with Crippen LogP contribution in [0.3, 0.4) is 0 Å². The van der Waals surface area contributed by atoms with E-state index in [2.05, 4.69) is 6.58 Å². The summed E-state index contributed by atoms with van der Waals surface area (Å²) in [5, 5.41) is 8.98. The molecule has 0 atom stereocenters. The Labute approximate surface area is 122 Å². The minimum absolute atomic E-state index is 0.0196. The van der Waals surface area contributed by atoms with Crippen molar-refractivity contribution >= 4 is 11.9 Å². The predicted octanol–water partition coefficient (Wildman–Crippen LogP) is 2.05. The first-order chi connectivity index (χ1) is 10.0. The molecule has 0 aromatic heterocycles. The standard InChI is InChI=1S/C15H15NO5/c1-4-20-15(18)13-7-11(5-6-12(13)8-16)14(17)21-10(2)9-19-3/h5-7H,2,4,9H2,1,3H3. The van der Waals surface area contributed by atoms with E-state index in [0.717, 1.165) is 0 Å². The van der Waals surface area contributed by atoms with Crippen molar-refractivity contribution in [1.82, 2.24) is 0 Å². The summed E-state index contributed by atoms with van der Waals surface area (Å²) < 4.78 is 14.6. The normalized spacial score (nSPS) is 9.57. The monoisotopic (exact) mass is 289 g/mol. The van der Waals surface area contributed by atoms with Gasteiger partial charge in [-0.2, -0.15) is 5.26 Å². The summed E-state index contributed by atoms with van der Waals surface area (Å²) in [6.07, 6.45) is 0. The molecule has 0 aliphatic rings. The van der Waals surface area contributed by atoms with Gasteiger partial charge in [0.1, 0.15) is 18.4 Å². The van der Waals surface area contributed by atoms with Gasteiger partial charge >= 0.3 is 11.9 Å². The molecule has 0 N–H and O–H groups in total. The number of methoxy groups -OCH3 is 1. The first kappa shape index (κ1) is 16.4. The molecule has 21 heavy (non-hydrogen) atoms. The summed E-state index contributed by atoms with van der Waals surface area (Å²) in [7, 11) is 1.44. The van der Waals surface area contributed by atoms with Gasteiger partial charge in [0.2, 0.25) is 0 Å². The largest absolute Gasteiger partial charge is 0.462 e. The third kappa shape index (κ3) is 4.44. The highest BCUT2D eigenvalue weighted by Gasteiger charge is 2.17. The third-order valence-electron chi connectivity index (χ3n) is 2.41. The number of carbonyl (C=O) groups excluding carboxylic acids is 2. The van der Waals surface area contributed by atoms with E-state index in [-0.39, 0.29) is 35.7 Å². The summed E-state index contributed by atoms with van der Waals surface area (Å²) in [6, 6.07) is 5.89. The lowest BCUT2D eigenvalue weighted by Crippen LogP contribution is -2.11. The topological polar surface area (TPSA) is 85.6 Å². The number of rotatable bonds is 6. The second-order valence-electron chi connectivity index (χ2n) is 3.95. The molecule has 0 radical (unpaired) electrons. The average Bonchev–Trinajstić information content (AvgIpc) is 2.46. The lowest BCUT2D eigenvalue weighted by Gasteiger charge is -2.08. The Morgan fingerprint density at radius 1 is 1.33 bits per heavy atom. The molecule has 0 saturated carbocycles. The number of carbonyl (C=O) groups is 2. The van der Waals surface area contributed by atoms with Crippen molar-refractivity contribution in [3.05, 3.63) is 47.2 Å². The fourth-order valence-electron chi connectivity index (χ4n) is 1.53. The van der Waals surface area contributed by atoms with Crippen molar-refractivity contribution in [2.45, 2.75) is 6.92 Å². The molecule has 0 heterocycles. The number of ether oxygens (including phenoxy) is 3. The van der Waals surface area contributed by atoms with E-state index in [1.54, 1.807) is 6.92 Å². The van der Waals surface area contributed by atoms with Gasteiger partial charge in [-0.25, -0.2) is 9.59 Å². The van der Waals surface area contributed by atoms with Gasteiger partial charge in [0.25, 0.3) is 0 Å². The zero-order chi connectivity index (χ0) is 15.8. The van der Waals surface area contributed by atoms with Crippen LogP contribution in [0.1, 0.15) is 33.2 Å². The lowest BCUT2D eigenvalue weighted by atomic mass is 10.0. The van der Waals surface area contributed by atoms with E-state index >= 15 is 0 Å². The fourth-order valence-corrected chi connectivity index (χ4v) is 1.53. The number of benzene rings is 1. The average molecular weight is 289 g/mol. The molecule has 0 bridgehead atoms. The quantitative estimate of drug-likeness (QED) is 0.588. The minimum atomic E-state index is -0.688. The first-order valence-corrected chi connectivity index (χ1v) is 6.13. The molecule has 1 aromatic carbocycles. The van der Waals surface area contributed by atoms with E-state index in [9.17, 15) is 9.59 Å². The molecule has 0 fully saturated rings. The van der Waals surface area contributed by atoms with Gasteiger partial charge in [-0.1, -0.05) is 6.58 Å². The molecule has 6 nitrogen and oxygen atoms in total. The Morgan fingerprint density at radius 3 is 2.62 bits per heavy atom. The van der Waals surface area contributed by atoms with Crippen LogP contribution in [0.15, 0.2) is 30.5 Å². The van der Waals surface area contributed by atoms with E-state index in [1.807, 2.05) is 6.07 Å². The third-order valence-corrected chi connectivity index (χ3v) is 2.41. The highest BCUT2D eigenvalue weighted by Crippen LogP contribution is 2.15. The van der Waals surface area contributed by atoms with Gasteiger partial charge < -0.3 is 14.2 Å². The summed E-state index contributed by atoms with van der Waals surface area (Å²) in [5.41, 5.74) is 0.265. The van der Waals surface area contributed by atoms with Crippen LogP contribution in [-0.4, -0.2) is 32.3 Å². The molecule has 0 aliphatic carbocycles. The molecule has 0 amide bonds. The van der Waals surface area contributed by atoms with E-state index in [0.29, 0.717) is 0 Å². The van der Waals surface area contributed by atoms with Crippen molar-refractivity contribution in [2.75, 3.05) is 20.3 Å². The SMILES string of the molecule is C=C(COC)OC(=O)c1ccc(C#N)c(C(=O)OCC)c1. The number of hydrogen-bond donors (Lipinski definition) is 0. The molecule has 0 unspecified atom stereocenters. The summed E-state index contributed by atoms with van der Waals surface area (Å²) in [5.74, 6) is -1.21. The number of esters is 2. The molecule has 110 valence electrons. The van der Waals surface area contributed by atoms with Crippen molar-refractivity contribution in [3.63, 3.8) is 0 Å². The van der Waals surface area contributed by atoms with Gasteiger partial charge in [-0.3, -0.25) is 0 Å². The van der Waals surface area contributed by atoms with Gasteiger partial charge in [0, 0.05) is 7.11 Å². The van der Waals surface area contributed by atoms with Crippen molar-refractivity contribution in [2.24, 2.45) is 0 Å². The van der Waals surface area contributed by atoms with Crippen LogP contribution in [0.5, 0.6) is 0 Å². The number of hydrogen-bond acceptors (Lipinski definition) is 6. The molecular weight excluding hydrogens is 274 g/mol. The first-order valence-electron chi connectivity index (χ1n) is 6.13. The maximum Gasteiger partial charge on any atom is 0.343 e. The zero-order valence-electron chi connectivity index (χ0n) is 11.8. The molecule has 6 heteroatoms. The van der Waals surface area contributed by atoms with Gasteiger partial charge in [0.15, 0.2) is 0 Å². The van der Waals surface area contributed by atoms with Crippen LogP contribution in [0.25, 0.3) is 0 Å². The van der Waals surface area contributed by atoms with Crippen LogP contribution in [0.2, 0.25) is 0 Å². The Kier molecular flexibility index (Phi) is 6.11. The molecule has 0 saturated heterocycles. The van der Waals surface area contributed by atoms with E-state index in [1.165, 1.54) is 25.3 Å². The molecule has 1 rings (SSSR count). The molecule has 1 aromatic rings.